The van der Waals surface area contributed by atoms with Crippen molar-refractivity contribution in [2.24, 2.45) is 11.8 Å². The van der Waals surface area contributed by atoms with Crippen molar-refractivity contribution in [2.45, 2.75) is 71.1 Å². The van der Waals surface area contributed by atoms with E-state index in [2.05, 4.69) is 16.0 Å². The van der Waals surface area contributed by atoms with Crippen molar-refractivity contribution in [3.63, 3.8) is 0 Å². The number of hydrogen-bond acceptors (Lipinski definition) is 6. The number of aliphatic hydroxyl groups is 1. The fraction of sp³-hybridized carbons (Fsp3) is 0.667. The Morgan fingerprint density at radius 2 is 1.79 bits per heavy atom. The SMILES string of the molecule is CCO[Si](CCCC[C@H]1CN2CC[C@H]1C[C@@H]2[C@@H](O)c1ccnc2ccccc12)(OCC)OCC. The van der Waals surface area contributed by atoms with Gasteiger partial charge in [0.1, 0.15) is 0 Å². The van der Waals surface area contributed by atoms with E-state index >= 15 is 0 Å². The molecule has 2 aromatic rings. The van der Waals surface area contributed by atoms with Crippen LogP contribution in [0.2, 0.25) is 6.04 Å². The number of fused-ring (bicyclic) bond motifs is 4. The molecule has 1 N–H and O–H groups in total. The molecule has 0 aliphatic carbocycles. The fourth-order valence-electron chi connectivity index (χ4n) is 6.17. The van der Waals surface area contributed by atoms with Crippen LogP contribution in [0.15, 0.2) is 36.5 Å². The molecule has 4 heterocycles. The first kappa shape index (κ1) is 25.7. The summed E-state index contributed by atoms with van der Waals surface area (Å²) in [5.41, 5.74) is 1.97. The lowest BCUT2D eigenvalue weighted by Crippen LogP contribution is -2.55. The van der Waals surface area contributed by atoms with Crippen LogP contribution in [0.25, 0.3) is 10.9 Å². The predicted molar refractivity (Wildman–Crippen MR) is 138 cm³/mol. The molecule has 1 aromatic carbocycles. The first-order valence-corrected chi connectivity index (χ1v) is 15.2. The lowest BCUT2D eigenvalue weighted by Gasteiger charge is -2.51. The van der Waals surface area contributed by atoms with Gasteiger partial charge in [0.25, 0.3) is 0 Å². The quantitative estimate of drug-likeness (QED) is 0.310. The highest BCUT2D eigenvalue weighted by Crippen LogP contribution is 2.43. The summed E-state index contributed by atoms with van der Waals surface area (Å²) in [6, 6.07) is 11.2. The highest BCUT2D eigenvalue weighted by Gasteiger charge is 2.43. The Balaban J connectivity index is 1.32. The van der Waals surface area contributed by atoms with Crippen LogP contribution in [0, 0.1) is 11.8 Å². The maximum Gasteiger partial charge on any atom is 0.500 e. The van der Waals surface area contributed by atoms with Gasteiger partial charge in [-0.2, -0.15) is 0 Å². The molecule has 5 atom stereocenters. The number of aliphatic hydroxyl groups excluding tert-OH is 1. The maximum atomic E-state index is 11.4. The van der Waals surface area contributed by atoms with Crippen LogP contribution in [0.5, 0.6) is 0 Å². The van der Waals surface area contributed by atoms with Gasteiger partial charge in [0.05, 0.1) is 11.6 Å². The number of rotatable bonds is 13. The molecule has 7 heteroatoms. The Morgan fingerprint density at radius 3 is 2.47 bits per heavy atom. The van der Waals surface area contributed by atoms with Gasteiger partial charge in [0, 0.05) is 50.0 Å². The summed E-state index contributed by atoms with van der Waals surface area (Å²) in [4.78, 5) is 7.02. The Bertz CT molecular complexity index is 891. The largest absolute Gasteiger partial charge is 0.500 e. The number of unbranched alkanes of at least 4 members (excludes halogenated alkanes) is 1. The van der Waals surface area contributed by atoms with Gasteiger partial charge < -0.3 is 18.4 Å². The zero-order valence-electron chi connectivity index (χ0n) is 21.1. The minimum absolute atomic E-state index is 0.203. The van der Waals surface area contributed by atoms with Gasteiger partial charge >= 0.3 is 8.80 Å². The Hall–Kier alpha value is -1.35. The molecular weight excluding hydrogens is 444 g/mol. The van der Waals surface area contributed by atoms with E-state index in [1.54, 1.807) is 0 Å². The van der Waals surface area contributed by atoms with Crippen LogP contribution >= 0.6 is 0 Å². The molecule has 3 fully saturated rings. The van der Waals surface area contributed by atoms with Crippen molar-refractivity contribution < 1.29 is 18.4 Å². The fourth-order valence-corrected chi connectivity index (χ4v) is 8.85. The maximum absolute atomic E-state index is 11.4. The summed E-state index contributed by atoms with van der Waals surface area (Å²) in [6.07, 6.45) is 7.20. The number of benzene rings is 1. The van der Waals surface area contributed by atoms with E-state index in [1.165, 1.54) is 19.3 Å². The lowest BCUT2D eigenvalue weighted by atomic mass is 9.72. The van der Waals surface area contributed by atoms with Crippen molar-refractivity contribution in [1.29, 1.82) is 0 Å². The molecule has 0 amide bonds. The molecule has 188 valence electrons. The molecule has 3 saturated heterocycles. The molecule has 2 bridgehead atoms. The highest BCUT2D eigenvalue weighted by molar-refractivity contribution is 6.60. The summed E-state index contributed by atoms with van der Waals surface area (Å²) in [5, 5.41) is 12.5. The van der Waals surface area contributed by atoms with Gasteiger partial charge in [-0.1, -0.05) is 24.6 Å². The minimum atomic E-state index is -2.53. The normalized spacial score (nSPS) is 25.6. The Kier molecular flexibility index (Phi) is 9.13. The molecule has 0 saturated carbocycles. The molecule has 5 rings (SSSR count). The second-order valence-electron chi connectivity index (χ2n) is 9.70. The van der Waals surface area contributed by atoms with Crippen LogP contribution in [-0.4, -0.2) is 62.7 Å². The smallest absolute Gasteiger partial charge is 0.387 e. The molecule has 6 nitrogen and oxygen atoms in total. The first-order valence-electron chi connectivity index (χ1n) is 13.3. The van der Waals surface area contributed by atoms with Gasteiger partial charge in [-0.3, -0.25) is 9.88 Å². The van der Waals surface area contributed by atoms with Crippen molar-refractivity contribution >= 4 is 19.7 Å². The summed E-state index contributed by atoms with van der Waals surface area (Å²) in [7, 11) is -2.53. The Labute approximate surface area is 206 Å². The second-order valence-corrected chi connectivity index (χ2v) is 12.4. The third-order valence-corrected chi connectivity index (χ3v) is 10.9. The predicted octanol–water partition coefficient (Wildman–Crippen LogP) is 5.20. The average molecular weight is 487 g/mol. The van der Waals surface area contributed by atoms with Gasteiger partial charge in [0.15, 0.2) is 0 Å². The van der Waals surface area contributed by atoms with E-state index in [-0.39, 0.29) is 6.04 Å². The van der Waals surface area contributed by atoms with E-state index in [0.717, 1.165) is 48.4 Å². The third-order valence-electron chi connectivity index (χ3n) is 7.70. The van der Waals surface area contributed by atoms with Crippen LogP contribution < -0.4 is 0 Å². The van der Waals surface area contributed by atoms with Crippen LogP contribution in [0.1, 0.15) is 64.5 Å². The molecule has 3 aliphatic rings. The monoisotopic (exact) mass is 486 g/mol. The molecule has 0 radical (unpaired) electrons. The summed E-state index contributed by atoms with van der Waals surface area (Å²) >= 11 is 0. The number of piperidine rings is 3. The van der Waals surface area contributed by atoms with E-state index in [9.17, 15) is 5.11 Å². The van der Waals surface area contributed by atoms with Gasteiger partial charge in [-0.05, 0) is 82.5 Å². The summed E-state index contributed by atoms with van der Waals surface area (Å²) in [5.74, 6) is 1.42. The van der Waals surface area contributed by atoms with Crippen LogP contribution in [0.4, 0.5) is 0 Å². The number of nitrogens with zero attached hydrogens (tertiary/aromatic N) is 2. The number of para-hydroxylation sites is 1. The van der Waals surface area contributed by atoms with Crippen molar-refractivity contribution in [1.82, 2.24) is 9.88 Å². The van der Waals surface area contributed by atoms with Crippen LogP contribution in [-0.2, 0) is 13.3 Å². The zero-order chi connectivity index (χ0) is 24.0. The molecular formula is C27H42N2O4Si. The molecule has 34 heavy (non-hydrogen) atoms. The van der Waals surface area contributed by atoms with Gasteiger partial charge in [0.2, 0.25) is 0 Å². The van der Waals surface area contributed by atoms with Gasteiger partial charge in [-0.15, -0.1) is 0 Å². The van der Waals surface area contributed by atoms with Gasteiger partial charge in [-0.25, -0.2) is 0 Å². The van der Waals surface area contributed by atoms with Crippen molar-refractivity contribution in [3.8, 4) is 0 Å². The molecule has 1 aromatic heterocycles. The molecule has 1 unspecified atom stereocenters. The number of pyridine rings is 1. The number of hydrogen-bond donors (Lipinski definition) is 1. The summed E-state index contributed by atoms with van der Waals surface area (Å²) < 4.78 is 18.1. The third kappa shape index (κ3) is 5.72. The minimum Gasteiger partial charge on any atom is -0.387 e. The van der Waals surface area contributed by atoms with Crippen molar-refractivity contribution in [2.75, 3.05) is 32.9 Å². The molecule has 0 spiro atoms. The summed E-state index contributed by atoms with van der Waals surface area (Å²) in [6.45, 7) is 10.2. The average Bonchev–Trinajstić information content (AvgIpc) is 2.87. The first-order chi connectivity index (χ1) is 16.6. The van der Waals surface area contributed by atoms with E-state index in [4.69, 9.17) is 13.3 Å². The van der Waals surface area contributed by atoms with E-state index < -0.39 is 14.9 Å². The van der Waals surface area contributed by atoms with E-state index in [0.29, 0.717) is 31.7 Å². The second kappa shape index (κ2) is 12.1. The highest BCUT2D eigenvalue weighted by atomic mass is 28.4. The van der Waals surface area contributed by atoms with Crippen LogP contribution in [0.3, 0.4) is 0 Å². The lowest BCUT2D eigenvalue weighted by molar-refractivity contribution is -0.0577. The number of aromatic nitrogens is 1. The topological polar surface area (TPSA) is 64.1 Å². The van der Waals surface area contributed by atoms with Crippen molar-refractivity contribution in [3.05, 3.63) is 42.1 Å². The zero-order valence-corrected chi connectivity index (χ0v) is 22.1. The Morgan fingerprint density at radius 1 is 1.06 bits per heavy atom. The van der Waals surface area contributed by atoms with E-state index in [1.807, 2.05) is 51.2 Å². The molecule has 3 aliphatic heterocycles. The standard InChI is InChI=1S/C27H42N2O4Si/c1-4-31-34(32-5-2,33-6-3)18-10-9-11-22-20-29-17-15-21(22)19-26(29)27(30)24-14-16-28-25-13-8-7-12-23(24)25/h7-8,12-14,16,21-22,26-27,30H,4-6,9-11,15,17-20H2,1-3H3/t21-,22-,26+,27-/m0/s1.